The Labute approximate surface area is 160 Å². The second-order valence-corrected chi connectivity index (χ2v) is 6.47. The minimum Gasteiger partial charge on any atom is -0.489 e. The van der Waals surface area contributed by atoms with Gasteiger partial charge in [-0.1, -0.05) is 30.3 Å². The summed E-state index contributed by atoms with van der Waals surface area (Å²) in [6.45, 7) is 4.71. The average molecular weight is 369 g/mol. The lowest BCUT2D eigenvalue weighted by atomic mass is 10.2. The number of urea groups is 1. The first-order valence-electron chi connectivity index (χ1n) is 9.30. The number of benzene rings is 2. The number of carbonyl (C=O) groups is 1. The maximum atomic E-state index is 12.1. The average Bonchev–Trinajstić information content (AvgIpc) is 2.74. The lowest BCUT2D eigenvalue weighted by molar-refractivity contribution is 0.177. The molecule has 0 aliphatic carbocycles. The van der Waals surface area contributed by atoms with Crippen molar-refractivity contribution in [3.63, 3.8) is 0 Å². The summed E-state index contributed by atoms with van der Waals surface area (Å²) in [7, 11) is 1.63. The van der Waals surface area contributed by atoms with E-state index in [9.17, 15) is 4.79 Å². The van der Waals surface area contributed by atoms with Crippen molar-refractivity contribution in [1.29, 1.82) is 0 Å². The topological polar surface area (TPSA) is 54.0 Å². The Morgan fingerprint density at radius 2 is 1.70 bits per heavy atom. The number of hydrogen-bond acceptors (Lipinski definition) is 4. The Hall–Kier alpha value is -2.73. The van der Waals surface area contributed by atoms with Gasteiger partial charge < -0.3 is 24.6 Å². The predicted molar refractivity (Wildman–Crippen MR) is 106 cm³/mol. The number of anilines is 1. The summed E-state index contributed by atoms with van der Waals surface area (Å²) in [6, 6.07) is 18.3. The van der Waals surface area contributed by atoms with Gasteiger partial charge in [-0.25, -0.2) is 4.79 Å². The number of amides is 2. The van der Waals surface area contributed by atoms with Crippen LogP contribution in [0.1, 0.15) is 5.56 Å². The molecule has 1 heterocycles. The molecule has 1 aliphatic rings. The molecular weight excluding hydrogens is 342 g/mol. The van der Waals surface area contributed by atoms with Gasteiger partial charge in [0.05, 0.1) is 6.61 Å². The Bertz CT molecular complexity index is 698. The van der Waals surface area contributed by atoms with Crippen LogP contribution in [0.4, 0.5) is 10.5 Å². The monoisotopic (exact) mass is 369 g/mol. The summed E-state index contributed by atoms with van der Waals surface area (Å²) >= 11 is 0. The molecule has 0 saturated carbocycles. The van der Waals surface area contributed by atoms with E-state index in [2.05, 4.69) is 34.5 Å². The first kappa shape index (κ1) is 19.0. The molecule has 2 aromatic carbocycles. The van der Waals surface area contributed by atoms with Gasteiger partial charge in [-0.3, -0.25) is 0 Å². The third-order valence-corrected chi connectivity index (χ3v) is 4.60. The van der Waals surface area contributed by atoms with Crippen LogP contribution in [0.5, 0.6) is 5.75 Å². The number of ether oxygens (including phenoxy) is 2. The minimum atomic E-state index is -0.0173. The van der Waals surface area contributed by atoms with Gasteiger partial charge in [0.25, 0.3) is 0 Å². The van der Waals surface area contributed by atoms with Gasteiger partial charge in [-0.15, -0.1) is 0 Å². The zero-order valence-electron chi connectivity index (χ0n) is 15.8. The lowest BCUT2D eigenvalue weighted by Crippen LogP contribution is -2.52. The Kier molecular flexibility index (Phi) is 6.93. The van der Waals surface area contributed by atoms with Crippen molar-refractivity contribution in [3.05, 3.63) is 60.2 Å². The molecular formula is C21H27N3O3. The second-order valence-electron chi connectivity index (χ2n) is 6.47. The highest BCUT2D eigenvalue weighted by Crippen LogP contribution is 2.21. The molecule has 2 aromatic rings. The maximum Gasteiger partial charge on any atom is 0.317 e. The molecule has 1 aliphatic heterocycles. The third kappa shape index (κ3) is 5.62. The highest BCUT2D eigenvalue weighted by atomic mass is 16.5. The third-order valence-electron chi connectivity index (χ3n) is 4.60. The molecule has 144 valence electrons. The first-order chi connectivity index (χ1) is 13.3. The van der Waals surface area contributed by atoms with Gasteiger partial charge >= 0.3 is 6.03 Å². The van der Waals surface area contributed by atoms with Crippen LogP contribution < -0.4 is 15.0 Å². The van der Waals surface area contributed by atoms with Crippen LogP contribution in [0.25, 0.3) is 0 Å². The highest BCUT2D eigenvalue weighted by molar-refractivity contribution is 5.74. The number of nitrogens with zero attached hydrogens (tertiary/aromatic N) is 2. The van der Waals surface area contributed by atoms with Crippen molar-refractivity contribution in [2.24, 2.45) is 0 Å². The number of piperazine rings is 1. The van der Waals surface area contributed by atoms with Gasteiger partial charge in [0.15, 0.2) is 0 Å². The fourth-order valence-corrected chi connectivity index (χ4v) is 3.03. The molecule has 27 heavy (non-hydrogen) atoms. The second kappa shape index (κ2) is 9.83. The van der Waals surface area contributed by atoms with Crippen LogP contribution in [-0.2, 0) is 11.3 Å². The van der Waals surface area contributed by atoms with Crippen LogP contribution in [0.3, 0.4) is 0 Å². The molecule has 6 nitrogen and oxygen atoms in total. The number of methoxy groups -OCH3 is 1. The zero-order chi connectivity index (χ0) is 18.9. The van der Waals surface area contributed by atoms with E-state index in [4.69, 9.17) is 9.47 Å². The van der Waals surface area contributed by atoms with E-state index in [0.717, 1.165) is 30.1 Å². The number of carbonyl (C=O) groups excluding carboxylic acids is 1. The SMILES string of the molecule is COCCNC(=O)N1CCN(c2ccc(OCc3ccccc3)cc2)CC1. The van der Waals surface area contributed by atoms with Crippen molar-refractivity contribution >= 4 is 11.7 Å². The molecule has 0 bridgehead atoms. The summed E-state index contributed by atoms with van der Waals surface area (Å²) in [5.74, 6) is 0.860. The molecule has 1 fully saturated rings. The lowest BCUT2D eigenvalue weighted by Gasteiger charge is -2.36. The Balaban J connectivity index is 1.45. The van der Waals surface area contributed by atoms with Crippen LogP contribution in [0, 0.1) is 0 Å². The van der Waals surface area contributed by atoms with Gasteiger partial charge in [-0.05, 0) is 29.8 Å². The number of hydrogen-bond donors (Lipinski definition) is 1. The van der Waals surface area contributed by atoms with Crippen molar-refractivity contribution < 1.29 is 14.3 Å². The van der Waals surface area contributed by atoms with Crippen LogP contribution in [-0.4, -0.2) is 57.4 Å². The molecule has 1 saturated heterocycles. The smallest absolute Gasteiger partial charge is 0.317 e. The van der Waals surface area contributed by atoms with Crippen molar-refractivity contribution in [2.75, 3.05) is 51.3 Å². The fourth-order valence-electron chi connectivity index (χ4n) is 3.03. The van der Waals surface area contributed by atoms with Gasteiger partial charge in [0, 0.05) is 45.5 Å². The first-order valence-corrected chi connectivity index (χ1v) is 9.30. The van der Waals surface area contributed by atoms with E-state index in [-0.39, 0.29) is 6.03 Å². The molecule has 0 radical (unpaired) electrons. The number of nitrogens with one attached hydrogen (secondary N) is 1. The normalized spacial score (nSPS) is 14.1. The molecule has 0 aromatic heterocycles. The van der Waals surface area contributed by atoms with Crippen molar-refractivity contribution in [3.8, 4) is 5.75 Å². The summed E-state index contributed by atoms with van der Waals surface area (Å²) < 4.78 is 10.8. The van der Waals surface area contributed by atoms with E-state index in [1.165, 1.54) is 0 Å². The largest absolute Gasteiger partial charge is 0.489 e. The summed E-state index contributed by atoms with van der Waals surface area (Å²) in [5, 5.41) is 2.87. The molecule has 2 amide bonds. The van der Waals surface area contributed by atoms with E-state index in [1.807, 2.05) is 35.2 Å². The van der Waals surface area contributed by atoms with E-state index >= 15 is 0 Å². The van der Waals surface area contributed by atoms with E-state index in [0.29, 0.717) is 32.8 Å². The van der Waals surface area contributed by atoms with Crippen LogP contribution in [0.2, 0.25) is 0 Å². The minimum absolute atomic E-state index is 0.0173. The van der Waals surface area contributed by atoms with Crippen molar-refractivity contribution in [1.82, 2.24) is 10.2 Å². The summed E-state index contributed by atoms with van der Waals surface area (Å²) in [4.78, 5) is 16.2. The maximum absolute atomic E-state index is 12.1. The van der Waals surface area contributed by atoms with Gasteiger partial charge in [0.2, 0.25) is 0 Å². The van der Waals surface area contributed by atoms with Gasteiger partial charge in [-0.2, -0.15) is 0 Å². The molecule has 3 rings (SSSR count). The van der Waals surface area contributed by atoms with Crippen LogP contribution in [0.15, 0.2) is 54.6 Å². The Morgan fingerprint density at radius 3 is 2.37 bits per heavy atom. The summed E-state index contributed by atoms with van der Waals surface area (Å²) in [6.07, 6.45) is 0. The van der Waals surface area contributed by atoms with Crippen LogP contribution >= 0.6 is 0 Å². The molecule has 1 N–H and O–H groups in total. The molecule has 0 spiro atoms. The highest BCUT2D eigenvalue weighted by Gasteiger charge is 2.20. The quantitative estimate of drug-likeness (QED) is 0.763. The molecule has 0 atom stereocenters. The summed E-state index contributed by atoms with van der Waals surface area (Å²) in [5.41, 5.74) is 2.31. The van der Waals surface area contributed by atoms with Crippen molar-refractivity contribution in [2.45, 2.75) is 6.61 Å². The molecule has 6 heteroatoms. The zero-order valence-corrected chi connectivity index (χ0v) is 15.8. The predicted octanol–water partition coefficient (Wildman–Crippen LogP) is 2.74. The fraction of sp³-hybridized carbons (Fsp3) is 0.381. The molecule has 0 unspecified atom stereocenters. The number of rotatable bonds is 7. The van der Waals surface area contributed by atoms with Gasteiger partial charge in [0.1, 0.15) is 12.4 Å². The Morgan fingerprint density at radius 1 is 1.00 bits per heavy atom. The standard InChI is InChI=1S/C21H27N3O3/c1-26-16-11-22-21(25)24-14-12-23(13-15-24)19-7-9-20(10-8-19)27-17-18-5-3-2-4-6-18/h2-10H,11-17H2,1H3,(H,22,25). The van der Waals surface area contributed by atoms with E-state index in [1.54, 1.807) is 7.11 Å². The van der Waals surface area contributed by atoms with E-state index < -0.39 is 0 Å².